The zero-order valence-electron chi connectivity index (χ0n) is 41.7. The number of oxazole rings is 7. The van der Waals surface area contributed by atoms with Gasteiger partial charge in [-0.15, -0.1) is 22.7 Å². The van der Waals surface area contributed by atoms with Crippen LogP contribution in [0.4, 0.5) is 0 Å². The average Bonchev–Trinajstić information content (AvgIpc) is 4.09. The number of nitrogens with zero attached hydrogens (tertiary/aromatic N) is 11. The monoisotopic (exact) mass is 959 g/mol. The van der Waals surface area contributed by atoms with Gasteiger partial charge in [-0.2, -0.15) is 5.10 Å². The number of aryl methyl sites for hydroxylation is 17. The van der Waals surface area contributed by atoms with Gasteiger partial charge in [0.15, 0.2) is 42.2 Å². The van der Waals surface area contributed by atoms with E-state index in [0.717, 1.165) is 85.2 Å². The van der Waals surface area contributed by atoms with Crippen molar-refractivity contribution < 1.29 is 30.9 Å². The molecule has 10 heterocycles. The van der Waals surface area contributed by atoms with E-state index in [2.05, 4.69) is 65.8 Å². The van der Waals surface area contributed by atoms with Gasteiger partial charge in [0.05, 0.1) is 57.6 Å². The summed E-state index contributed by atoms with van der Waals surface area (Å²) in [7, 11) is 1.95. The molecule has 0 fully saturated rings. The molecule has 0 saturated heterocycles. The zero-order chi connectivity index (χ0) is 50.1. The second-order valence-corrected chi connectivity index (χ2v) is 16.1. The summed E-state index contributed by atoms with van der Waals surface area (Å²) in [5.41, 5.74) is 6.24. The molecular formula is C47H65N11O7S2. The van der Waals surface area contributed by atoms with E-state index >= 15 is 0 Å². The van der Waals surface area contributed by atoms with Crippen molar-refractivity contribution >= 4 is 22.7 Å². The first kappa shape index (κ1) is 58.0. The molecule has 0 N–H and O–H groups in total. The van der Waals surface area contributed by atoms with Crippen molar-refractivity contribution in [2.45, 2.75) is 111 Å². The van der Waals surface area contributed by atoms with Crippen LogP contribution in [-0.2, 0) is 7.05 Å². The van der Waals surface area contributed by atoms with E-state index in [1.54, 1.807) is 85.6 Å². The average molecular weight is 960 g/mol. The van der Waals surface area contributed by atoms with E-state index in [1.165, 1.54) is 18.5 Å². The van der Waals surface area contributed by atoms with Crippen molar-refractivity contribution in [2.24, 2.45) is 7.05 Å². The van der Waals surface area contributed by atoms with E-state index in [-0.39, 0.29) is 0 Å². The Kier molecular flexibility index (Phi) is 28.9. The van der Waals surface area contributed by atoms with Crippen LogP contribution in [0.15, 0.2) is 117 Å². The Morgan fingerprint density at radius 2 is 1.06 bits per heavy atom. The summed E-state index contributed by atoms with van der Waals surface area (Å²) in [6.07, 6.45) is 17.7. The largest absolute Gasteiger partial charge is 0.452 e. The van der Waals surface area contributed by atoms with Gasteiger partial charge in [-0.1, -0.05) is 0 Å². The molecule has 0 aliphatic heterocycles. The lowest BCUT2D eigenvalue weighted by atomic mass is 10.4. The van der Waals surface area contributed by atoms with Gasteiger partial charge >= 0.3 is 0 Å². The maximum Gasteiger partial charge on any atom is 0.191 e. The highest BCUT2D eigenvalue weighted by atomic mass is 32.1. The fraction of sp³-hybridized carbons (Fsp3) is 0.362. The zero-order valence-corrected chi connectivity index (χ0v) is 43.3. The molecule has 0 saturated carbocycles. The molecule has 10 aromatic heterocycles. The number of aromatic nitrogens is 11. The minimum absolute atomic E-state index is 0.718. The minimum atomic E-state index is 0.718. The van der Waals surface area contributed by atoms with Crippen LogP contribution in [0.5, 0.6) is 0 Å². The van der Waals surface area contributed by atoms with Gasteiger partial charge in [-0.05, 0) is 82.2 Å². The molecule has 0 aliphatic rings. The van der Waals surface area contributed by atoms with E-state index in [1.807, 2.05) is 121 Å². The third kappa shape index (κ3) is 31.5. The fourth-order valence-electron chi connectivity index (χ4n) is 4.23. The van der Waals surface area contributed by atoms with Gasteiger partial charge in [-0.25, -0.2) is 39.9 Å². The Hall–Kier alpha value is -7.06. The molecule has 10 aromatic rings. The van der Waals surface area contributed by atoms with Crippen LogP contribution in [0.1, 0.15) is 90.9 Å². The molecule has 10 rings (SSSR count). The summed E-state index contributed by atoms with van der Waals surface area (Å²) in [5.74, 6) is 6.25. The molecule has 67 heavy (non-hydrogen) atoms. The normalized spacial score (nSPS) is 9.27. The smallest absolute Gasteiger partial charge is 0.191 e. The molecule has 0 radical (unpaired) electrons. The molecule has 18 nitrogen and oxygen atoms in total. The standard InChI is InChI=1S/C6H10N2.4C5H7NO.C5H7NS.3C4H5NO.C4H5NS/c1-5-4-6(2)8(3)7-5;2*1-4-3-7-5(2)6-4;2*1-4-3-6-5(2)7-4;1-4-3-7-5(2)6-4;1-4-2-6-3-5-4;1-4-2-5-3-6-4;2*1-4-5-2-3-6-4/h4H,1-3H3;5*3H,1-2H3;4*2-3H,1H3. The number of hydrogen-bond donors (Lipinski definition) is 0. The SMILES string of the molecule is Cc1cc(C)n(C)n1.Cc1cnc(C)o1.Cc1cnc(C)o1.Cc1cnco1.Cc1coc(C)n1.Cc1coc(C)n1.Cc1cocn1.Cc1csc(C)n1.Cc1ncco1.Cc1nccs1. The lowest BCUT2D eigenvalue weighted by Crippen LogP contribution is -1.91. The molecule has 0 amide bonds. The summed E-state index contributed by atoms with van der Waals surface area (Å²) < 4.78 is 35.6. The predicted octanol–water partition coefficient (Wildman–Crippen LogP) is 12.4. The van der Waals surface area contributed by atoms with Crippen molar-refractivity contribution in [3.63, 3.8) is 0 Å². The van der Waals surface area contributed by atoms with E-state index < -0.39 is 0 Å². The Labute approximate surface area is 401 Å². The van der Waals surface area contributed by atoms with Crippen LogP contribution in [0, 0.1) is 111 Å². The minimum Gasteiger partial charge on any atom is -0.452 e. The Morgan fingerprint density at radius 3 is 1.18 bits per heavy atom. The van der Waals surface area contributed by atoms with Crippen LogP contribution in [-0.4, -0.2) is 54.6 Å². The van der Waals surface area contributed by atoms with Crippen LogP contribution in [0.2, 0.25) is 0 Å². The molecule has 0 unspecified atom stereocenters. The van der Waals surface area contributed by atoms with Gasteiger partial charge in [-0.3, -0.25) is 9.67 Å². The van der Waals surface area contributed by atoms with Crippen LogP contribution < -0.4 is 0 Å². The molecular weight excluding hydrogens is 895 g/mol. The predicted molar refractivity (Wildman–Crippen MR) is 259 cm³/mol. The maximum atomic E-state index is 4.97. The molecule has 0 aromatic carbocycles. The maximum absolute atomic E-state index is 4.97. The molecule has 0 bridgehead atoms. The lowest BCUT2D eigenvalue weighted by molar-refractivity contribution is 0.494. The van der Waals surface area contributed by atoms with Crippen LogP contribution in [0.25, 0.3) is 0 Å². The third-order valence-electron chi connectivity index (χ3n) is 7.13. The van der Waals surface area contributed by atoms with Gasteiger partial charge in [0.1, 0.15) is 42.3 Å². The Morgan fingerprint density at radius 1 is 0.463 bits per heavy atom. The van der Waals surface area contributed by atoms with E-state index in [9.17, 15) is 0 Å². The van der Waals surface area contributed by atoms with Crippen molar-refractivity contribution in [3.05, 3.63) is 177 Å². The summed E-state index contributed by atoms with van der Waals surface area (Å²) in [6.45, 7) is 30.4. The molecule has 0 aliphatic carbocycles. The fourth-order valence-corrected chi connectivity index (χ4v) is 5.26. The van der Waals surface area contributed by atoms with Gasteiger partial charge in [0.2, 0.25) is 0 Å². The Balaban J connectivity index is 0.000000373. The molecule has 0 atom stereocenters. The first-order valence-corrected chi connectivity index (χ1v) is 22.3. The van der Waals surface area contributed by atoms with Gasteiger partial charge in [0, 0.05) is 70.0 Å². The molecule has 362 valence electrons. The first-order valence-electron chi connectivity index (χ1n) is 20.6. The third-order valence-corrected chi connectivity index (χ3v) is 8.73. The highest BCUT2D eigenvalue weighted by Crippen LogP contribution is 2.05. The summed E-state index contributed by atoms with van der Waals surface area (Å²) >= 11 is 3.36. The van der Waals surface area contributed by atoms with E-state index in [4.69, 9.17) is 26.5 Å². The lowest BCUT2D eigenvalue weighted by Gasteiger charge is -1.87. The van der Waals surface area contributed by atoms with Crippen molar-refractivity contribution in [1.82, 2.24) is 54.6 Å². The topological polar surface area (TPSA) is 226 Å². The summed E-state index contributed by atoms with van der Waals surface area (Å²) in [4.78, 5) is 34.8. The summed E-state index contributed by atoms with van der Waals surface area (Å²) in [5, 5.41) is 10.4. The Bertz CT molecular complexity index is 2180. The quantitative estimate of drug-likeness (QED) is 0.138. The highest BCUT2D eigenvalue weighted by molar-refractivity contribution is 7.09. The van der Waals surface area contributed by atoms with Crippen molar-refractivity contribution in [1.29, 1.82) is 0 Å². The molecule has 0 spiro atoms. The molecule has 20 heteroatoms. The first-order chi connectivity index (χ1) is 31.7. The van der Waals surface area contributed by atoms with E-state index in [0.29, 0.717) is 0 Å². The summed E-state index contributed by atoms with van der Waals surface area (Å²) in [6, 6.07) is 2.06. The number of thiazole rings is 2. The second kappa shape index (κ2) is 33.4. The van der Waals surface area contributed by atoms with Crippen LogP contribution in [0.3, 0.4) is 0 Å². The number of rotatable bonds is 0. The second-order valence-electron chi connectivity index (χ2n) is 13.9. The van der Waals surface area contributed by atoms with Crippen LogP contribution >= 0.6 is 22.7 Å². The number of hydrogen-bond acceptors (Lipinski definition) is 19. The van der Waals surface area contributed by atoms with Crippen molar-refractivity contribution in [3.8, 4) is 0 Å². The van der Waals surface area contributed by atoms with Gasteiger partial charge < -0.3 is 30.9 Å². The van der Waals surface area contributed by atoms with Crippen molar-refractivity contribution in [2.75, 3.05) is 0 Å². The highest BCUT2D eigenvalue weighted by Gasteiger charge is 1.92. The van der Waals surface area contributed by atoms with Gasteiger partial charge in [0.25, 0.3) is 0 Å².